The summed E-state index contributed by atoms with van der Waals surface area (Å²) in [4.78, 5) is 2.24. The van der Waals surface area contributed by atoms with Gasteiger partial charge in [0.25, 0.3) is 0 Å². The summed E-state index contributed by atoms with van der Waals surface area (Å²) in [5.41, 5.74) is 0. The van der Waals surface area contributed by atoms with Crippen molar-refractivity contribution in [2.75, 3.05) is 19.6 Å². The van der Waals surface area contributed by atoms with Gasteiger partial charge in [0, 0.05) is 1.37 Å². The first-order chi connectivity index (χ1) is 3.85. The molecular weight excluding hydrogens is 122 g/mol. The predicted molar refractivity (Wildman–Crippen MR) is 40.7 cm³/mol. The van der Waals surface area contributed by atoms with Crippen molar-refractivity contribution in [2.45, 2.75) is 20.7 Å². The minimum atomic E-state index is 0. The number of halogens is 1. The van der Waals surface area contributed by atoms with Gasteiger partial charge in [-0.3, -0.25) is 0 Å². The van der Waals surface area contributed by atoms with Crippen molar-refractivity contribution >= 4 is 12.4 Å². The van der Waals surface area contributed by atoms with Gasteiger partial charge in [0.1, 0.15) is 0 Å². The molecule has 0 saturated heterocycles. The minimum Gasteiger partial charge on any atom is -0.304 e. The molecule has 0 bridgehead atoms. The maximum absolute atomic E-state index is 6.90. The van der Waals surface area contributed by atoms with Gasteiger partial charge in [-0.1, -0.05) is 20.7 Å². The zero-order valence-corrected chi connectivity index (χ0v) is 6.50. The van der Waals surface area contributed by atoms with Crippen LogP contribution in [0.2, 0.25) is 0 Å². The van der Waals surface area contributed by atoms with Gasteiger partial charge in [0.05, 0.1) is 0 Å². The average Bonchev–Trinajstić information content (AvgIpc) is 1.83. The number of hydrogen-bond acceptors (Lipinski definition) is 1. The van der Waals surface area contributed by atoms with E-state index in [1.165, 1.54) is 0 Å². The second-order valence-corrected chi connectivity index (χ2v) is 1.53. The van der Waals surface area contributed by atoms with Crippen molar-refractivity contribution in [3.05, 3.63) is 0 Å². The van der Waals surface area contributed by atoms with Crippen LogP contribution in [0.5, 0.6) is 0 Å². The highest BCUT2D eigenvalue weighted by atomic mass is 35.5. The van der Waals surface area contributed by atoms with E-state index in [2.05, 4.69) is 18.7 Å². The maximum atomic E-state index is 6.90. The fourth-order valence-electron chi connectivity index (χ4n) is 0.540. The van der Waals surface area contributed by atoms with E-state index in [-0.39, 0.29) is 12.4 Å². The summed E-state index contributed by atoms with van der Waals surface area (Å²) < 4.78 is 6.90. The van der Waals surface area contributed by atoms with Crippen LogP contribution in [0, 0.1) is 0 Å². The highest BCUT2D eigenvalue weighted by molar-refractivity contribution is 5.85. The number of rotatable bonds is 3. The Labute approximate surface area is 59.9 Å². The molecule has 0 heterocycles. The van der Waals surface area contributed by atoms with Gasteiger partial charge in [-0.2, -0.15) is 0 Å². The van der Waals surface area contributed by atoms with E-state index in [9.17, 15) is 0 Å². The first-order valence-corrected chi connectivity index (χ1v) is 2.86. The van der Waals surface area contributed by atoms with Gasteiger partial charge in [0.15, 0.2) is 0 Å². The normalized spacial score (nSPS) is 10.6. The Bertz CT molecular complexity index is 48.3. The Morgan fingerprint density at radius 3 is 1.88 bits per heavy atom. The molecule has 0 aromatic carbocycles. The van der Waals surface area contributed by atoms with Crippen molar-refractivity contribution in [2.24, 2.45) is 0 Å². The van der Waals surface area contributed by atoms with Gasteiger partial charge < -0.3 is 4.90 Å². The predicted octanol–water partition coefficient (Wildman–Crippen LogP) is 1.77. The molecule has 0 atom stereocenters. The summed E-state index contributed by atoms with van der Waals surface area (Å²) in [7, 11) is 0. The molecule has 0 amide bonds. The monoisotopic (exact) mass is 138 g/mol. The summed E-state index contributed by atoms with van der Waals surface area (Å²) >= 11 is 0. The molecule has 0 aromatic rings. The van der Waals surface area contributed by atoms with Gasteiger partial charge in [-0.15, -0.1) is 12.4 Å². The van der Waals surface area contributed by atoms with Crippen LogP contribution in [0.25, 0.3) is 0 Å². The highest BCUT2D eigenvalue weighted by Gasteiger charge is 1.89. The summed E-state index contributed by atoms with van der Waals surface area (Å²) in [5.74, 6) is 0. The lowest BCUT2D eigenvalue weighted by molar-refractivity contribution is 0.321. The molecule has 0 fully saturated rings. The van der Waals surface area contributed by atoms with Gasteiger partial charge in [-0.05, 0) is 19.6 Å². The van der Waals surface area contributed by atoms with Crippen molar-refractivity contribution in [3.63, 3.8) is 0 Å². The Balaban J connectivity index is 0. The Hall–Kier alpha value is 0.250. The van der Waals surface area contributed by atoms with Gasteiger partial charge >= 0.3 is 0 Å². The second-order valence-electron chi connectivity index (χ2n) is 1.53. The Morgan fingerprint density at radius 1 is 1.25 bits per heavy atom. The van der Waals surface area contributed by atoms with Gasteiger partial charge in [0.2, 0.25) is 0 Å². The molecule has 0 radical (unpaired) electrons. The van der Waals surface area contributed by atoms with E-state index in [4.69, 9.17) is 1.37 Å². The molecule has 0 aromatic heterocycles. The molecule has 0 aliphatic heterocycles. The molecule has 2 heteroatoms. The van der Waals surface area contributed by atoms with Crippen LogP contribution < -0.4 is 0 Å². The third-order valence-corrected chi connectivity index (χ3v) is 1.21. The topological polar surface area (TPSA) is 3.24 Å². The Kier molecular flexibility index (Phi) is 7.48. The molecule has 0 aliphatic carbocycles. The van der Waals surface area contributed by atoms with Crippen LogP contribution in [-0.2, 0) is 0 Å². The van der Waals surface area contributed by atoms with E-state index in [1.54, 1.807) is 0 Å². The summed E-state index contributed by atoms with van der Waals surface area (Å²) in [6, 6.07) is 0. The zero-order valence-electron chi connectivity index (χ0n) is 6.68. The zero-order chi connectivity index (χ0) is 6.41. The fraction of sp³-hybridized carbons (Fsp3) is 1.00. The van der Waals surface area contributed by atoms with E-state index < -0.39 is 0 Å². The molecule has 0 unspecified atom stereocenters. The lowest BCUT2D eigenvalue weighted by Crippen LogP contribution is -2.21. The smallest absolute Gasteiger partial charge is 0.0243 e. The first kappa shape index (κ1) is 8.25. The summed E-state index contributed by atoms with van der Waals surface area (Å²) in [6.07, 6.45) is 0. The number of nitrogens with zero attached hydrogens (tertiary/aromatic N) is 1. The average molecular weight is 139 g/mol. The van der Waals surface area contributed by atoms with Crippen LogP contribution in [0.4, 0.5) is 0 Å². The van der Waals surface area contributed by atoms with Crippen molar-refractivity contribution in [3.8, 4) is 0 Å². The van der Waals surface area contributed by atoms with Crippen LogP contribution in [0.3, 0.4) is 0 Å². The SMILES string of the molecule is Cl.[2H]CCN(CC)CC. The molecule has 0 rings (SSSR count). The van der Waals surface area contributed by atoms with Crippen LogP contribution >= 0.6 is 12.4 Å². The summed E-state index contributed by atoms with van der Waals surface area (Å²) in [5, 5.41) is 0. The lowest BCUT2D eigenvalue weighted by Gasteiger charge is -2.13. The minimum absolute atomic E-state index is 0. The molecule has 8 heavy (non-hydrogen) atoms. The molecule has 0 spiro atoms. The highest BCUT2D eigenvalue weighted by Crippen LogP contribution is 1.81. The molecule has 52 valence electrons. The summed E-state index contributed by atoms with van der Waals surface area (Å²) in [6.45, 7) is 7.86. The third-order valence-electron chi connectivity index (χ3n) is 1.21. The van der Waals surface area contributed by atoms with E-state index in [1.807, 2.05) is 0 Å². The third kappa shape index (κ3) is 4.41. The Morgan fingerprint density at radius 2 is 1.75 bits per heavy atom. The molecule has 0 saturated carbocycles. The van der Waals surface area contributed by atoms with E-state index in [0.29, 0.717) is 6.90 Å². The quantitative estimate of drug-likeness (QED) is 0.575. The molecule has 1 nitrogen and oxygen atoms in total. The van der Waals surface area contributed by atoms with E-state index >= 15 is 0 Å². The van der Waals surface area contributed by atoms with Gasteiger partial charge in [-0.25, -0.2) is 0 Å². The van der Waals surface area contributed by atoms with Crippen LogP contribution in [0.1, 0.15) is 22.1 Å². The van der Waals surface area contributed by atoms with Crippen LogP contribution in [0.15, 0.2) is 0 Å². The maximum Gasteiger partial charge on any atom is 0.0243 e. The van der Waals surface area contributed by atoms with Crippen molar-refractivity contribution in [1.29, 1.82) is 0 Å². The van der Waals surface area contributed by atoms with Crippen molar-refractivity contribution in [1.82, 2.24) is 4.90 Å². The lowest BCUT2D eigenvalue weighted by atomic mass is 10.5. The molecular formula is C6H16ClN. The number of hydrogen-bond donors (Lipinski definition) is 0. The molecule has 0 N–H and O–H groups in total. The van der Waals surface area contributed by atoms with Crippen LogP contribution in [-0.4, -0.2) is 24.5 Å². The largest absolute Gasteiger partial charge is 0.304 e. The van der Waals surface area contributed by atoms with Crippen molar-refractivity contribution < 1.29 is 1.37 Å². The fourth-order valence-corrected chi connectivity index (χ4v) is 0.540. The molecule has 0 aliphatic rings. The standard InChI is InChI=1S/C6H15N.ClH/c1-4-7(5-2)6-3;/h4-6H2,1-3H3;1H/i1D;. The van der Waals surface area contributed by atoms with E-state index in [0.717, 1.165) is 19.6 Å². The second kappa shape index (κ2) is 7.25. The first-order valence-electron chi connectivity index (χ1n) is 3.57.